The molecule has 2 N–H and O–H groups in total. The maximum atomic E-state index is 12.3. The summed E-state index contributed by atoms with van der Waals surface area (Å²) in [5.74, 6) is -0.683. The molecule has 0 fully saturated rings. The Labute approximate surface area is 139 Å². The predicted octanol–water partition coefficient (Wildman–Crippen LogP) is 3.21. The molecule has 1 heterocycles. The third kappa shape index (κ3) is 4.40. The van der Waals surface area contributed by atoms with Crippen LogP contribution in [0.1, 0.15) is 26.4 Å². The van der Waals surface area contributed by atoms with E-state index >= 15 is 0 Å². The van der Waals surface area contributed by atoms with E-state index in [1.54, 1.807) is 30.3 Å². The number of rotatable bonds is 5. The molecule has 0 bridgehead atoms. The van der Waals surface area contributed by atoms with E-state index in [4.69, 9.17) is 11.6 Å². The van der Waals surface area contributed by atoms with E-state index in [2.05, 4.69) is 22.2 Å². The first kappa shape index (κ1) is 16.7. The number of amides is 2. The lowest BCUT2D eigenvalue weighted by molar-refractivity contribution is 0.0953. The van der Waals surface area contributed by atoms with E-state index in [0.717, 1.165) is 5.56 Å². The predicted molar refractivity (Wildman–Crippen MR) is 90.9 cm³/mol. The van der Waals surface area contributed by atoms with Crippen LogP contribution in [0.2, 0.25) is 5.02 Å². The van der Waals surface area contributed by atoms with Gasteiger partial charge in [0.2, 0.25) is 0 Å². The highest BCUT2D eigenvalue weighted by molar-refractivity contribution is 6.30. The third-order valence-corrected chi connectivity index (χ3v) is 3.33. The van der Waals surface area contributed by atoms with Gasteiger partial charge < -0.3 is 10.6 Å². The topological polar surface area (TPSA) is 71.1 Å². The molecule has 0 aliphatic heterocycles. The average molecular weight is 330 g/mol. The van der Waals surface area contributed by atoms with Crippen LogP contribution in [0.3, 0.4) is 0 Å². The van der Waals surface area contributed by atoms with Crippen molar-refractivity contribution in [2.24, 2.45) is 0 Å². The SMILES string of the molecule is C=CCNC(=O)c1cc(C(=O)Nc2ccc(Cl)cc2C)ccn1. The molecule has 118 valence electrons. The average Bonchev–Trinajstić information content (AvgIpc) is 2.55. The first-order valence-electron chi connectivity index (χ1n) is 6.94. The van der Waals surface area contributed by atoms with Gasteiger partial charge in [0.15, 0.2) is 0 Å². The van der Waals surface area contributed by atoms with Crippen LogP contribution in [0.15, 0.2) is 49.2 Å². The molecular weight excluding hydrogens is 314 g/mol. The van der Waals surface area contributed by atoms with Crippen molar-refractivity contribution in [1.29, 1.82) is 0 Å². The molecule has 0 unspecified atom stereocenters. The molecule has 5 nitrogen and oxygen atoms in total. The van der Waals surface area contributed by atoms with Gasteiger partial charge in [-0.2, -0.15) is 0 Å². The molecule has 6 heteroatoms. The summed E-state index contributed by atoms with van der Waals surface area (Å²) in [6, 6.07) is 8.18. The van der Waals surface area contributed by atoms with Crippen molar-refractivity contribution in [3.05, 3.63) is 71.0 Å². The minimum absolute atomic E-state index is 0.173. The number of aryl methyl sites for hydroxylation is 1. The molecule has 0 radical (unpaired) electrons. The minimum atomic E-state index is -0.359. The molecule has 0 aliphatic rings. The van der Waals surface area contributed by atoms with Crippen LogP contribution in [-0.2, 0) is 0 Å². The Morgan fingerprint density at radius 3 is 2.74 bits per heavy atom. The van der Waals surface area contributed by atoms with Crippen LogP contribution in [0.5, 0.6) is 0 Å². The summed E-state index contributed by atoms with van der Waals surface area (Å²) in [7, 11) is 0. The maximum Gasteiger partial charge on any atom is 0.270 e. The number of benzene rings is 1. The molecule has 2 amide bonds. The lowest BCUT2D eigenvalue weighted by Crippen LogP contribution is -2.24. The molecule has 0 saturated carbocycles. The van der Waals surface area contributed by atoms with E-state index in [9.17, 15) is 9.59 Å². The van der Waals surface area contributed by atoms with Crippen molar-refractivity contribution in [2.75, 3.05) is 11.9 Å². The Balaban J connectivity index is 2.16. The summed E-state index contributed by atoms with van der Waals surface area (Å²) in [5, 5.41) is 6.01. The highest BCUT2D eigenvalue weighted by atomic mass is 35.5. The lowest BCUT2D eigenvalue weighted by Gasteiger charge is -2.09. The highest BCUT2D eigenvalue weighted by Gasteiger charge is 2.12. The Hall–Kier alpha value is -2.66. The van der Waals surface area contributed by atoms with Crippen LogP contribution < -0.4 is 10.6 Å². The second-order valence-corrected chi connectivity index (χ2v) is 5.28. The van der Waals surface area contributed by atoms with Crippen molar-refractivity contribution in [3.8, 4) is 0 Å². The van der Waals surface area contributed by atoms with Gasteiger partial charge in [0.05, 0.1) is 0 Å². The summed E-state index contributed by atoms with van der Waals surface area (Å²) in [6.07, 6.45) is 2.99. The smallest absolute Gasteiger partial charge is 0.270 e. The first-order chi connectivity index (χ1) is 11.0. The van der Waals surface area contributed by atoms with Crippen LogP contribution in [-0.4, -0.2) is 23.3 Å². The molecule has 0 aliphatic carbocycles. The van der Waals surface area contributed by atoms with Gasteiger partial charge in [-0.3, -0.25) is 14.6 Å². The number of nitrogens with zero attached hydrogens (tertiary/aromatic N) is 1. The maximum absolute atomic E-state index is 12.3. The molecule has 0 saturated heterocycles. The second kappa shape index (κ2) is 7.56. The molecule has 0 spiro atoms. The van der Waals surface area contributed by atoms with Crippen molar-refractivity contribution in [3.63, 3.8) is 0 Å². The molecule has 2 rings (SSSR count). The Bertz CT molecular complexity index is 759. The van der Waals surface area contributed by atoms with Gasteiger partial charge in [-0.1, -0.05) is 17.7 Å². The summed E-state index contributed by atoms with van der Waals surface area (Å²) in [5.41, 5.74) is 2.03. The number of nitrogens with one attached hydrogen (secondary N) is 2. The number of hydrogen-bond donors (Lipinski definition) is 2. The zero-order chi connectivity index (χ0) is 16.8. The van der Waals surface area contributed by atoms with E-state index in [-0.39, 0.29) is 17.5 Å². The van der Waals surface area contributed by atoms with Gasteiger partial charge in [0, 0.05) is 29.0 Å². The number of carbonyl (C=O) groups excluding carboxylic acids is 2. The number of halogens is 1. The summed E-state index contributed by atoms with van der Waals surface area (Å²) < 4.78 is 0. The summed E-state index contributed by atoms with van der Waals surface area (Å²) in [6.45, 7) is 5.71. The van der Waals surface area contributed by atoms with Crippen LogP contribution in [0, 0.1) is 6.92 Å². The summed E-state index contributed by atoms with van der Waals surface area (Å²) in [4.78, 5) is 28.1. The standard InChI is InChI=1S/C17H16ClN3O2/c1-3-7-20-17(23)15-10-12(6-8-19-15)16(22)21-14-5-4-13(18)9-11(14)2/h3-6,8-10H,1,7H2,2H3,(H,20,23)(H,21,22). The number of aromatic nitrogens is 1. The quantitative estimate of drug-likeness (QED) is 0.827. The van der Waals surface area contributed by atoms with E-state index in [1.165, 1.54) is 12.3 Å². The first-order valence-corrected chi connectivity index (χ1v) is 7.31. The molecule has 2 aromatic rings. The normalized spacial score (nSPS) is 10.0. The molecular formula is C17H16ClN3O2. The fourth-order valence-corrected chi connectivity index (χ4v) is 2.14. The fourth-order valence-electron chi connectivity index (χ4n) is 1.91. The van der Waals surface area contributed by atoms with Crippen molar-refractivity contribution < 1.29 is 9.59 Å². The fraction of sp³-hybridized carbons (Fsp3) is 0.118. The zero-order valence-electron chi connectivity index (χ0n) is 12.6. The van der Waals surface area contributed by atoms with E-state index in [0.29, 0.717) is 22.8 Å². The van der Waals surface area contributed by atoms with Gasteiger partial charge in [0.1, 0.15) is 5.69 Å². The number of anilines is 1. The van der Waals surface area contributed by atoms with Crippen LogP contribution >= 0.6 is 11.6 Å². The monoisotopic (exact) mass is 329 g/mol. The van der Waals surface area contributed by atoms with Gasteiger partial charge in [-0.25, -0.2) is 0 Å². The number of carbonyl (C=O) groups is 2. The molecule has 1 aromatic heterocycles. The van der Waals surface area contributed by atoms with Gasteiger partial charge >= 0.3 is 0 Å². The van der Waals surface area contributed by atoms with E-state index < -0.39 is 0 Å². The van der Waals surface area contributed by atoms with Gasteiger partial charge in [0.25, 0.3) is 11.8 Å². The lowest BCUT2D eigenvalue weighted by atomic mass is 10.1. The summed E-state index contributed by atoms with van der Waals surface area (Å²) >= 11 is 5.90. The minimum Gasteiger partial charge on any atom is -0.347 e. The Morgan fingerprint density at radius 1 is 1.26 bits per heavy atom. The zero-order valence-corrected chi connectivity index (χ0v) is 13.4. The molecule has 1 aromatic carbocycles. The van der Waals surface area contributed by atoms with Gasteiger partial charge in [-0.05, 0) is 42.8 Å². The van der Waals surface area contributed by atoms with Gasteiger partial charge in [-0.15, -0.1) is 6.58 Å². The van der Waals surface area contributed by atoms with E-state index in [1.807, 2.05) is 6.92 Å². The second-order valence-electron chi connectivity index (χ2n) is 4.84. The van der Waals surface area contributed by atoms with Crippen molar-refractivity contribution in [1.82, 2.24) is 10.3 Å². The van der Waals surface area contributed by atoms with Crippen LogP contribution in [0.25, 0.3) is 0 Å². The molecule has 0 atom stereocenters. The Morgan fingerprint density at radius 2 is 2.04 bits per heavy atom. The largest absolute Gasteiger partial charge is 0.347 e. The third-order valence-electron chi connectivity index (χ3n) is 3.10. The van der Waals surface area contributed by atoms with Crippen molar-refractivity contribution in [2.45, 2.75) is 6.92 Å². The Kier molecular flexibility index (Phi) is 5.49. The highest BCUT2D eigenvalue weighted by Crippen LogP contribution is 2.20. The van der Waals surface area contributed by atoms with Crippen LogP contribution in [0.4, 0.5) is 5.69 Å². The number of hydrogen-bond acceptors (Lipinski definition) is 3. The number of pyridine rings is 1. The molecule has 23 heavy (non-hydrogen) atoms. The van der Waals surface area contributed by atoms with Crippen molar-refractivity contribution >= 4 is 29.1 Å².